The molecular formula is C40H47N7O9. The molecule has 2 aliphatic rings. The average molecular weight is 770 g/mol. The summed E-state index contributed by atoms with van der Waals surface area (Å²) in [4.78, 5) is 68.0. The molecule has 0 saturated carbocycles. The van der Waals surface area contributed by atoms with Crippen molar-refractivity contribution in [2.24, 2.45) is 5.73 Å². The summed E-state index contributed by atoms with van der Waals surface area (Å²) in [5.74, 6) is -0.913. The van der Waals surface area contributed by atoms with E-state index in [9.17, 15) is 29.1 Å². The molecule has 0 spiro atoms. The van der Waals surface area contributed by atoms with E-state index in [2.05, 4.69) is 34.7 Å². The van der Waals surface area contributed by atoms with Gasteiger partial charge in [-0.25, -0.2) is 19.4 Å². The quantitative estimate of drug-likeness (QED) is 0.0525. The molecule has 296 valence electrons. The number of hydrogen-bond donors (Lipinski definition) is 5. The summed E-state index contributed by atoms with van der Waals surface area (Å²) < 4.78 is 17.7. The number of aliphatic hydroxyl groups is 1. The molecule has 2 aliphatic heterocycles. The van der Waals surface area contributed by atoms with Gasteiger partial charge in [-0.3, -0.25) is 19.8 Å². The Morgan fingerprint density at radius 3 is 2.61 bits per heavy atom. The molecule has 0 bridgehead atoms. The summed E-state index contributed by atoms with van der Waals surface area (Å²) in [6.45, 7) is 6.45. The molecule has 6 rings (SSSR count). The number of nitrogens with zero attached hydrogens (tertiary/aromatic N) is 3. The fourth-order valence-electron chi connectivity index (χ4n) is 6.92. The van der Waals surface area contributed by atoms with E-state index in [0.717, 1.165) is 27.6 Å². The van der Waals surface area contributed by atoms with E-state index in [4.69, 9.17) is 24.9 Å². The minimum absolute atomic E-state index is 0.0286. The standard InChI is InChI=1S/C40H47N7O9/c1-24(2)46(17-18-54-23-43-40(53)56-21-25-10-12-26(13-11-25)44-34(48)9-5-6-15-42-39(41)52)16-14-27-28-7-3-4-8-32(28)45-35-30(27)20-47-33(35)19-29-31(37(47)50)22-55-38(51)36(29)49/h3-4,7-8,10-13,19,24,36,49H,5-6,9,14-18,20-23H2,1-2H3,(H,43,53)(H,44,48)(H3,41,42,52)/t36-/m0/s1. The van der Waals surface area contributed by atoms with E-state index in [1.54, 1.807) is 34.9 Å². The Morgan fingerprint density at radius 2 is 1.84 bits per heavy atom. The summed E-state index contributed by atoms with van der Waals surface area (Å²) in [7, 11) is 0. The van der Waals surface area contributed by atoms with Gasteiger partial charge in [0.1, 0.15) is 19.9 Å². The van der Waals surface area contributed by atoms with Crippen LogP contribution in [0.25, 0.3) is 22.3 Å². The first kappa shape index (κ1) is 39.8. The van der Waals surface area contributed by atoms with E-state index in [-0.39, 0.29) is 48.6 Å². The van der Waals surface area contributed by atoms with Crippen LogP contribution in [0.3, 0.4) is 0 Å². The fourth-order valence-corrected chi connectivity index (χ4v) is 6.92. The number of pyridine rings is 2. The molecular weight excluding hydrogens is 722 g/mol. The number of nitrogens with two attached hydrogens (primary N) is 1. The summed E-state index contributed by atoms with van der Waals surface area (Å²) in [6, 6.07) is 16.1. The van der Waals surface area contributed by atoms with Gasteiger partial charge in [0.15, 0.2) is 6.10 Å². The summed E-state index contributed by atoms with van der Waals surface area (Å²) in [5.41, 5.74) is 10.7. The van der Waals surface area contributed by atoms with Crippen molar-refractivity contribution in [1.29, 1.82) is 0 Å². The number of rotatable bonds is 17. The smallest absolute Gasteiger partial charge is 0.409 e. The molecule has 0 unspecified atom stereocenters. The highest BCUT2D eigenvalue weighted by molar-refractivity contribution is 5.91. The second kappa shape index (κ2) is 18.2. The predicted molar refractivity (Wildman–Crippen MR) is 206 cm³/mol. The number of primary amides is 1. The molecule has 0 saturated heterocycles. The number of carbonyl (C=O) groups is 4. The van der Waals surface area contributed by atoms with Gasteiger partial charge < -0.3 is 40.3 Å². The van der Waals surface area contributed by atoms with Crippen molar-refractivity contribution < 1.29 is 38.5 Å². The second-order valence-electron chi connectivity index (χ2n) is 14.0. The van der Waals surface area contributed by atoms with Crippen molar-refractivity contribution in [3.05, 3.63) is 92.8 Å². The largest absolute Gasteiger partial charge is 0.458 e. The van der Waals surface area contributed by atoms with Gasteiger partial charge in [0.25, 0.3) is 5.56 Å². The summed E-state index contributed by atoms with van der Waals surface area (Å²) >= 11 is 0. The third-order valence-corrected chi connectivity index (χ3v) is 9.94. The van der Waals surface area contributed by atoms with E-state index < -0.39 is 24.2 Å². The van der Waals surface area contributed by atoms with Crippen molar-refractivity contribution >= 4 is 40.6 Å². The number of carbonyl (C=O) groups excluding carboxylic acids is 4. The summed E-state index contributed by atoms with van der Waals surface area (Å²) in [5, 5.41) is 19.4. The number of amides is 4. The van der Waals surface area contributed by atoms with Crippen LogP contribution < -0.4 is 27.2 Å². The first-order valence-corrected chi connectivity index (χ1v) is 18.7. The molecule has 4 heterocycles. The number of para-hydroxylation sites is 1. The molecule has 6 N–H and O–H groups in total. The molecule has 16 nitrogen and oxygen atoms in total. The zero-order chi connectivity index (χ0) is 39.8. The van der Waals surface area contributed by atoms with Gasteiger partial charge in [0, 0.05) is 54.3 Å². The number of unbranched alkanes of at least 4 members (excludes halogenated alkanes) is 1. The number of benzene rings is 2. The zero-order valence-corrected chi connectivity index (χ0v) is 31.5. The summed E-state index contributed by atoms with van der Waals surface area (Å²) in [6.07, 6.45) is 0.0981. The number of esters is 1. The van der Waals surface area contributed by atoms with Gasteiger partial charge in [-0.05, 0) is 68.5 Å². The number of cyclic esters (lactones) is 1. The van der Waals surface area contributed by atoms with Crippen LogP contribution in [0, 0.1) is 0 Å². The molecule has 56 heavy (non-hydrogen) atoms. The Kier molecular flexibility index (Phi) is 12.9. The topological polar surface area (TPSA) is 216 Å². The third-order valence-electron chi connectivity index (χ3n) is 9.94. The molecule has 4 aromatic rings. The van der Waals surface area contributed by atoms with Crippen molar-refractivity contribution in [3.63, 3.8) is 0 Å². The minimum Gasteiger partial charge on any atom is -0.458 e. The van der Waals surface area contributed by atoms with Crippen LogP contribution in [-0.4, -0.2) is 82.6 Å². The highest BCUT2D eigenvalue weighted by atomic mass is 16.6. The number of ether oxygens (including phenoxy) is 3. The van der Waals surface area contributed by atoms with Gasteiger partial charge in [-0.15, -0.1) is 0 Å². The normalized spacial score (nSPS) is 14.2. The number of alkyl carbamates (subject to hydrolysis) is 1. The number of hydrogen-bond acceptors (Lipinski definition) is 11. The number of fused-ring (bicyclic) bond motifs is 5. The molecule has 0 radical (unpaired) electrons. The predicted octanol–water partition coefficient (Wildman–Crippen LogP) is 3.45. The van der Waals surface area contributed by atoms with Gasteiger partial charge in [0.2, 0.25) is 5.91 Å². The molecule has 0 aliphatic carbocycles. The van der Waals surface area contributed by atoms with Crippen molar-refractivity contribution in [2.45, 2.75) is 71.4 Å². The van der Waals surface area contributed by atoms with Gasteiger partial charge >= 0.3 is 18.1 Å². The zero-order valence-electron chi connectivity index (χ0n) is 31.5. The highest BCUT2D eigenvalue weighted by Crippen LogP contribution is 2.38. The van der Waals surface area contributed by atoms with Crippen molar-refractivity contribution in [3.8, 4) is 11.4 Å². The van der Waals surface area contributed by atoms with Crippen LogP contribution in [0.4, 0.5) is 15.3 Å². The molecule has 2 aromatic heterocycles. The number of aromatic nitrogens is 2. The maximum Gasteiger partial charge on any atom is 0.409 e. The number of anilines is 1. The first-order chi connectivity index (χ1) is 27.0. The Balaban J connectivity index is 0.968. The van der Waals surface area contributed by atoms with Gasteiger partial charge in [-0.1, -0.05) is 30.3 Å². The third kappa shape index (κ3) is 9.50. The van der Waals surface area contributed by atoms with Crippen LogP contribution in [0.15, 0.2) is 59.4 Å². The fraction of sp³-hybridized carbons (Fsp3) is 0.400. The second-order valence-corrected chi connectivity index (χ2v) is 14.0. The Hall–Kier alpha value is -5.84. The average Bonchev–Trinajstić information content (AvgIpc) is 3.54. The maximum atomic E-state index is 13.5. The first-order valence-electron chi connectivity index (χ1n) is 18.7. The van der Waals surface area contributed by atoms with Crippen LogP contribution in [0.2, 0.25) is 0 Å². The van der Waals surface area contributed by atoms with Crippen LogP contribution in [0.1, 0.15) is 67.0 Å². The number of nitrogens with one attached hydrogen (secondary N) is 3. The van der Waals surface area contributed by atoms with Crippen LogP contribution in [-0.2, 0) is 50.0 Å². The van der Waals surface area contributed by atoms with E-state index in [1.807, 2.05) is 24.3 Å². The molecule has 16 heteroatoms. The monoisotopic (exact) mass is 769 g/mol. The molecule has 4 amide bonds. The maximum absolute atomic E-state index is 13.5. The van der Waals surface area contributed by atoms with Crippen LogP contribution in [0.5, 0.6) is 0 Å². The Morgan fingerprint density at radius 1 is 1.05 bits per heavy atom. The van der Waals surface area contributed by atoms with Crippen LogP contribution >= 0.6 is 0 Å². The molecule has 0 fully saturated rings. The lowest BCUT2D eigenvalue weighted by molar-refractivity contribution is -0.157. The Labute approximate surface area is 323 Å². The Bertz CT molecular complexity index is 2150. The lowest BCUT2D eigenvalue weighted by atomic mass is 9.96. The highest BCUT2D eigenvalue weighted by Gasteiger charge is 2.34. The van der Waals surface area contributed by atoms with Gasteiger partial charge in [0.05, 0.1) is 35.6 Å². The number of urea groups is 1. The lowest BCUT2D eigenvalue weighted by Gasteiger charge is -2.27. The number of aliphatic hydroxyl groups excluding tert-OH is 1. The van der Waals surface area contributed by atoms with E-state index >= 15 is 0 Å². The molecule has 2 aromatic carbocycles. The van der Waals surface area contributed by atoms with E-state index in [0.29, 0.717) is 75.5 Å². The SMILES string of the molecule is CC(C)N(CCOCNC(=O)OCc1ccc(NC(=O)CCCCNC(N)=O)cc1)CCc1c2c(nc3ccccc13)-c1cc3c(c(=O)n1C2)COC(=O)[C@H]3O. The van der Waals surface area contributed by atoms with Crippen molar-refractivity contribution in [1.82, 2.24) is 25.1 Å². The van der Waals surface area contributed by atoms with Crippen molar-refractivity contribution in [2.75, 3.05) is 38.3 Å². The van der Waals surface area contributed by atoms with E-state index in [1.165, 1.54) is 0 Å². The lowest BCUT2D eigenvalue weighted by Crippen LogP contribution is -2.37. The minimum atomic E-state index is -1.51. The molecule has 1 atom stereocenters. The van der Waals surface area contributed by atoms with Gasteiger partial charge in [-0.2, -0.15) is 0 Å².